The Balaban J connectivity index is 1.55. The number of rotatable bonds is 7. The largest absolute Gasteiger partial charge is 0.341 e. The number of sulfonamides is 1. The van der Waals surface area contributed by atoms with Crippen molar-refractivity contribution in [2.45, 2.75) is 43.5 Å². The second kappa shape index (κ2) is 9.87. The van der Waals surface area contributed by atoms with Gasteiger partial charge in [-0.05, 0) is 48.6 Å². The highest BCUT2D eigenvalue weighted by molar-refractivity contribution is 9.10. The molecule has 1 saturated heterocycles. The van der Waals surface area contributed by atoms with E-state index in [2.05, 4.69) is 15.9 Å². The van der Waals surface area contributed by atoms with Gasteiger partial charge in [0.25, 0.3) is 0 Å². The molecule has 0 saturated carbocycles. The van der Waals surface area contributed by atoms with Gasteiger partial charge in [0.05, 0.1) is 4.90 Å². The van der Waals surface area contributed by atoms with Crippen LogP contribution in [0, 0.1) is 0 Å². The van der Waals surface area contributed by atoms with Crippen molar-refractivity contribution in [3.8, 4) is 0 Å². The summed E-state index contributed by atoms with van der Waals surface area (Å²) < 4.78 is 28.0. The van der Waals surface area contributed by atoms with Gasteiger partial charge in [-0.1, -0.05) is 52.7 Å². The van der Waals surface area contributed by atoms with Crippen LogP contribution >= 0.6 is 15.9 Å². The summed E-state index contributed by atoms with van der Waals surface area (Å²) in [5.41, 5.74) is 2.03. The smallest absolute Gasteiger partial charge is 0.243 e. The lowest BCUT2D eigenvalue weighted by Gasteiger charge is -2.25. The van der Waals surface area contributed by atoms with Gasteiger partial charge < -0.3 is 4.90 Å². The Labute approximate surface area is 181 Å². The van der Waals surface area contributed by atoms with Crippen molar-refractivity contribution in [2.24, 2.45) is 0 Å². The average Bonchev–Trinajstić information content (AvgIpc) is 2.74. The number of benzene rings is 2. The summed E-state index contributed by atoms with van der Waals surface area (Å²) in [6, 6.07) is 14.8. The van der Waals surface area contributed by atoms with Gasteiger partial charge in [-0.2, -0.15) is 4.31 Å². The number of carbonyl (C=O) groups excluding carboxylic acids is 1. The van der Waals surface area contributed by atoms with Crippen molar-refractivity contribution < 1.29 is 13.2 Å². The Kier molecular flexibility index (Phi) is 7.49. The average molecular weight is 479 g/mol. The van der Waals surface area contributed by atoms with Crippen LogP contribution in [0.3, 0.4) is 0 Å². The zero-order chi connectivity index (χ0) is 20.9. The molecule has 1 aliphatic rings. The first kappa shape index (κ1) is 22.0. The zero-order valence-corrected chi connectivity index (χ0v) is 19.1. The number of nitrogens with zero attached hydrogens (tertiary/aromatic N) is 2. The first-order valence-electron chi connectivity index (χ1n) is 9.94. The van der Waals surface area contributed by atoms with Crippen molar-refractivity contribution >= 4 is 31.9 Å². The summed E-state index contributed by atoms with van der Waals surface area (Å²) in [7, 11) is -1.61. The molecule has 2 aromatic carbocycles. The number of halogens is 1. The Morgan fingerprint density at radius 1 is 1.03 bits per heavy atom. The number of amides is 1. The van der Waals surface area contributed by atoms with E-state index in [1.807, 2.05) is 36.4 Å². The van der Waals surface area contributed by atoms with Crippen molar-refractivity contribution in [1.82, 2.24) is 9.21 Å². The van der Waals surface area contributed by atoms with Crippen molar-refractivity contribution in [3.63, 3.8) is 0 Å². The maximum atomic E-state index is 12.7. The Bertz CT molecular complexity index is 939. The minimum Gasteiger partial charge on any atom is -0.341 e. The minimum absolute atomic E-state index is 0.0609. The summed E-state index contributed by atoms with van der Waals surface area (Å²) in [5, 5.41) is 0. The Morgan fingerprint density at radius 2 is 1.69 bits per heavy atom. The van der Waals surface area contributed by atoms with Gasteiger partial charge in [-0.25, -0.2) is 8.42 Å². The third-order valence-corrected chi connectivity index (χ3v) is 7.98. The SMILES string of the molecule is CN(Cc1ccccc1Br)C(=O)CCc1ccc(S(=O)(=O)N2CCCCC2)cc1. The molecule has 1 aliphatic heterocycles. The van der Waals surface area contributed by atoms with Crippen LogP contribution < -0.4 is 0 Å². The molecule has 1 fully saturated rings. The molecule has 0 N–H and O–H groups in total. The predicted octanol–water partition coefficient (Wildman–Crippen LogP) is 4.21. The van der Waals surface area contributed by atoms with Crippen LogP contribution in [0.1, 0.15) is 36.8 Å². The van der Waals surface area contributed by atoms with Crippen LogP contribution in [-0.2, 0) is 27.8 Å². The van der Waals surface area contributed by atoms with E-state index >= 15 is 0 Å². The maximum absolute atomic E-state index is 12.7. The fourth-order valence-electron chi connectivity index (χ4n) is 3.49. The van der Waals surface area contributed by atoms with E-state index in [4.69, 9.17) is 0 Å². The van der Waals surface area contributed by atoms with Gasteiger partial charge in [0.1, 0.15) is 0 Å². The van der Waals surface area contributed by atoms with E-state index in [1.54, 1.807) is 28.4 Å². The van der Waals surface area contributed by atoms with Gasteiger partial charge >= 0.3 is 0 Å². The molecule has 1 amide bonds. The number of hydrogen-bond acceptors (Lipinski definition) is 3. The predicted molar refractivity (Wildman–Crippen MR) is 118 cm³/mol. The molecule has 0 unspecified atom stereocenters. The lowest BCUT2D eigenvalue weighted by molar-refractivity contribution is -0.130. The fourth-order valence-corrected chi connectivity index (χ4v) is 5.42. The van der Waals surface area contributed by atoms with Crippen LogP contribution in [0.15, 0.2) is 57.9 Å². The zero-order valence-electron chi connectivity index (χ0n) is 16.7. The highest BCUT2D eigenvalue weighted by atomic mass is 79.9. The molecule has 7 heteroatoms. The molecular formula is C22H27BrN2O3S. The van der Waals surface area contributed by atoms with E-state index in [1.165, 1.54) is 0 Å². The third-order valence-electron chi connectivity index (χ3n) is 5.29. The number of carbonyl (C=O) groups is 1. The second-order valence-corrected chi connectivity index (χ2v) is 10.2. The van der Waals surface area contributed by atoms with Crippen molar-refractivity contribution in [3.05, 3.63) is 64.1 Å². The highest BCUT2D eigenvalue weighted by Crippen LogP contribution is 2.21. The molecule has 0 bridgehead atoms. The standard InChI is InChI=1S/C22H27BrN2O3S/c1-24(17-19-7-3-4-8-21(19)23)22(26)14-11-18-9-12-20(13-10-18)29(27,28)25-15-5-2-6-16-25/h3-4,7-10,12-13H,2,5-6,11,14-17H2,1H3. The molecule has 0 aromatic heterocycles. The van der Waals surface area contributed by atoms with Crippen molar-refractivity contribution in [2.75, 3.05) is 20.1 Å². The summed E-state index contributed by atoms with van der Waals surface area (Å²) >= 11 is 3.51. The maximum Gasteiger partial charge on any atom is 0.243 e. The molecule has 3 rings (SSSR count). The van der Waals surface area contributed by atoms with Crippen LogP contribution in [-0.4, -0.2) is 43.7 Å². The third kappa shape index (κ3) is 5.68. The van der Waals surface area contributed by atoms with Crippen LogP contribution in [0.5, 0.6) is 0 Å². The van der Waals surface area contributed by atoms with E-state index in [0.717, 1.165) is 34.9 Å². The monoisotopic (exact) mass is 478 g/mol. The molecule has 156 valence electrons. The summed E-state index contributed by atoms with van der Waals surface area (Å²) in [5.74, 6) is 0.0609. The second-order valence-electron chi connectivity index (χ2n) is 7.45. The number of piperidine rings is 1. The van der Waals surface area contributed by atoms with Gasteiger partial charge in [0.2, 0.25) is 15.9 Å². The molecule has 0 aliphatic carbocycles. The first-order chi connectivity index (χ1) is 13.9. The van der Waals surface area contributed by atoms with Crippen LogP contribution in [0.4, 0.5) is 0 Å². The van der Waals surface area contributed by atoms with E-state index in [0.29, 0.717) is 37.4 Å². The minimum atomic E-state index is -3.41. The summed E-state index contributed by atoms with van der Waals surface area (Å²) in [6.45, 7) is 1.75. The summed E-state index contributed by atoms with van der Waals surface area (Å²) in [6.07, 6.45) is 3.91. The molecule has 0 radical (unpaired) electrons. The number of hydrogen-bond donors (Lipinski definition) is 0. The summed E-state index contributed by atoms with van der Waals surface area (Å²) in [4.78, 5) is 14.5. The molecule has 1 heterocycles. The molecule has 2 aromatic rings. The molecule has 29 heavy (non-hydrogen) atoms. The quantitative estimate of drug-likeness (QED) is 0.598. The highest BCUT2D eigenvalue weighted by Gasteiger charge is 2.25. The first-order valence-corrected chi connectivity index (χ1v) is 12.2. The molecule has 0 spiro atoms. The molecule has 0 atom stereocenters. The topological polar surface area (TPSA) is 57.7 Å². The number of aryl methyl sites for hydroxylation is 1. The van der Waals surface area contributed by atoms with E-state index in [9.17, 15) is 13.2 Å². The van der Waals surface area contributed by atoms with E-state index < -0.39 is 10.0 Å². The molecular weight excluding hydrogens is 452 g/mol. The van der Waals surface area contributed by atoms with Crippen LogP contribution in [0.2, 0.25) is 0 Å². The van der Waals surface area contributed by atoms with Gasteiger partial charge in [-0.3, -0.25) is 4.79 Å². The molecule has 5 nitrogen and oxygen atoms in total. The van der Waals surface area contributed by atoms with Crippen LogP contribution in [0.25, 0.3) is 0 Å². The Hall–Kier alpha value is -1.70. The fraction of sp³-hybridized carbons (Fsp3) is 0.409. The normalized spacial score (nSPS) is 15.2. The van der Waals surface area contributed by atoms with Crippen molar-refractivity contribution in [1.29, 1.82) is 0 Å². The van der Waals surface area contributed by atoms with Gasteiger partial charge in [-0.15, -0.1) is 0 Å². The lowest BCUT2D eigenvalue weighted by Crippen LogP contribution is -2.35. The lowest BCUT2D eigenvalue weighted by atomic mass is 10.1. The Morgan fingerprint density at radius 3 is 2.34 bits per heavy atom. The van der Waals surface area contributed by atoms with Gasteiger partial charge in [0.15, 0.2) is 0 Å². The van der Waals surface area contributed by atoms with Gasteiger partial charge in [0, 0.05) is 37.6 Å². The van der Waals surface area contributed by atoms with E-state index in [-0.39, 0.29) is 5.91 Å².